The summed E-state index contributed by atoms with van der Waals surface area (Å²) < 4.78 is 5.11. The average Bonchev–Trinajstić information content (AvgIpc) is 2.65. The Hall–Kier alpha value is -2.53. The van der Waals surface area contributed by atoms with Crippen LogP contribution in [0.1, 0.15) is 28.4 Å². The molecule has 0 saturated heterocycles. The van der Waals surface area contributed by atoms with Gasteiger partial charge in [-0.1, -0.05) is 24.3 Å². The van der Waals surface area contributed by atoms with Crippen LogP contribution in [0.3, 0.4) is 0 Å². The summed E-state index contributed by atoms with van der Waals surface area (Å²) in [6.45, 7) is 4.52. The quantitative estimate of drug-likeness (QED) is 0.878. The molecule has 5 heteroatoms. The van der Waals surface area contributed by atoms with Crippen LogP contribution in [-0.4, -0.2) is 42.2 Å². The normalized spacial score (nSPS) is 15.3. The molecule has 2 aromatic rings. The predicted molar refractivity (Wildman–Crippen MR) is 97.0 cm³/mol. The van der Waals surface area contributed by atoms with E-state index >= 15 is 0 Å². The van der Waals surface area contributed by atoms with E-state index in [1.54, 1.807) is 12.1 Å². The number of hydrogen-bond donors (Lipinski definition) is 2. The van der Waals surface area contributed by atoms with Crippen molar-refractivity contribution in [3.05, 3.63) is 59.2 Å². The van der Waals surface area contributed by atoms with Crippen LogP contribution >= 0.6 is 0 Å². The van der Waals surface area contributed by atoms with Gasteiger partial charge in [-0.3, -0.25) is 9.69 Å². The molecular weight excluding hydrogens is 316 g/mol. The summed E-state index contributed by atoms with van der Waals surface area (Å²) in [4.78, 5) is 14.7. The summed E-state index contributed by atoms with van der Waals surface area (Å²) in [6, 6.07) is 13.4. The minimum atomic E-state index is -0.291. The minimum absolute atomic E-state index is 0.0437. The van der Waals surface area contributed by atoms with Crippen LogP contribution in [-0.2, 0) is 13.0 Å². The van der Waals surface area contributed by atoms with Gasteiger partial charge in [-0.15, -0.1) is 0 Å². The number of amides is 1. The molecule has 25 heavy (non-hydrogen) atoms. The summed E-state index contributed by atoms with van der Waals surface area (Å²) in [5, 5.41) is 12.8. The zero-order chi connectivity index (χ0) is 17.8. The van der Waals surface area contributed by atoms with Crippen LogP contribution < -0.4 is 10.1 Å². The van der Waals surface area contributed by atoms with E-state index in [-0.39, 0.29) is 23.3 Å². The molecule has 0 bridgehead atoms. The van der Waals surface area contributed by atoms with Gasteiger partial charge in [0.15, 0.2) is 0 Å². The first kappa shape index (κ1) is 17.3. The van der Waals surface area contributed by atoms with Crippen molar-refractivity contribution < 1.29 is 14.6 Å². The van der Waals surface area contributed by atoms with Gasteiger partial charge in [0.1, 0.15) is 11.5 Å². The smallest absolute Gasteiger partial charge is 0.255 e. The lowest BCUT2D eigenvalue weighted by atomic mass is 9.99. The van der Waals surface area contributed by atoms with Crippen molar-refractivity contribution in [1.29, 1.82) is 0 Å². The lowest BCUT2D eigenvalue weighted by Gasteiger charge is -2.33. The number of aromatic hydroxyl groups is 1. The van der Waals surface area contributed by atoms with Gasteiger partial charge in [0.25, 0.3) is 5.91 Å². The van der Waals surface area contributed by atoms with Gasteiger partial charge in [0, 0.05) is 25.7 Å². The third-order valence-corrected chi connectivity index (χ3v) is 4.79. The molecule has 1 heterocycles. The Morgan fingerprint density at radius 2 is 2.04 bits per heavy atom. The number of methoxy groups -OCH3 is 1. The van der Waals surface area contributed by atoms with E-state index in [1.807, 2.05) is 0 Å². The first-order valence-electron chi connectivity index (χ1n) is 8.54. The Morgan fingerprint density at radius 1 is 1.28 bits per heavy atom. The summed E-state index contributed by atoms with van der Waals surface area (Å²) in [5.41, 5.74) is 3.00. The zero-order valence-corrected chi connectivity index (χ0v) is 14.7. The molecule has 2 N–H and O–H groups in total. The van der Waals surface area contributed by atoms with E-state index < -0.39 is 0 Å². The number of carbonyl (C=O) groups is 1. The third kappa shape index (κ3) is 3.94. The average molecular weight is 340 g/mol. The molecule has 0 fully saturated rings. The zero-order valence-electron chi connectivity index (χ0n) is 14.7. The Labute approximate surface area is 148 Å². The summed E-state index contributed by atoms with van der Waals surface area (Å²) in [5.74, 6) is 0.210. The molecule has 5 nitrogen and oxygen atoms in total. The second-order valence-corrected chi connectivity index (χ2v) is 6.43. The van der Waals surface area contributed by atoms with Crippen molar-refractivity contribution in [3.8, 4) is 11.5 Å². The molecule has 0 radical (unpaired) electrons. The molecular formula is C20H24N2O3. The first-order chi connectivity index (χ1) is 12.1. The van der Waals surface area contributed by atoms with Crippen molar-refractivity contribution in [2.24, 2.45) is 0 Å². The van der Waals surface area contributed by atoms with Crippen LogP contribution in [0, 0.1) is 0 Å². The fourth-order valence-electron chi connectivity index (χ4n) is 3.18. The van der Waals surface area contributed by atoms with Crippen molar-refractivity contribution in [3.63, 3.8) is 0 Å². The molecule has 1 atom stereocenters. The molecule has 1 amide bonds. The Morgan fingerprint density at radius 3 is 2.80 bits per heavy atom. The van der Waals surface area contributed by atoms with Crippen LogP contribution in [0.2, 0.25) is 0 Å². The molecule has 1 aliphatic rings. The Bertz CT molecular complexity index is 760. The lowest BCUT2D eigenvalue weighted by Crippen LogP contribution is -2.44. The van der Waals surface area contributed by atoms with Gasteiger partial charge in [-0.25, -0.2) is 0 Å². The molecule has 132 valence electrons. The molecule has 0 aromatic heterocycles. The van der Waals surface area contributed by atoms with Crippen molar-refractivity contribution in [1.82, 2.24) is 10.2 Å². The number of hydrogen-bond acceptors (Lipinski definition) is 4. The summed E-state index contributed by atoms with van der Waals surface area (Å²) in [6.07, 6.45) is 1.03. The molecule has 0 spiro atoms. The number of rotatable bonds is 5. The van der Waals surface area contributed by atoms with Gasteiger partial charge in [0.2, 0.25) is 0 Å². The van der Waals surface area contributed by atoms with E-state index in [4.69, 9.17) is 4.74 Å². The Kier molecular flexibility index (Phi) is 5.24. The SMILES string of the molecule is COc1ccc(O)c(C(=O)NCC(C)N2CCc3ccccc3C2)c1. The van der Waals surface area contributed by atoms with Gasteiger partial charge in [0.05, 0.1) is 12.7 Å². The monoisotopic (exact) mass is 340 g/mol. The van der Waals surface area contributed by atoms with Gasteiger partial charge >= 0.3 is 0 Å². The number of phenolic OH excluding ortho intramolecular Hbond substituents is 1. The molecule has 1 unspecified atom stereocenters. The summed E-state index contributed by atoms with van der Waals surface area (Å²) in [7, 11) is 1.53. The van der Waals surface area contributed by atoms with E-state index in [1.165, 1.54) is 24.3 Å². The predicted octanol–water partition coefficient (Wildman–Crippen LogP) is 2.58. The molecule has 3 rings (SSSR count). The Balaban J connectivity index is 1.59. The minimum Gasteiger partial charge on any atom is -0.507 e. The van der Waals surface area contributed by atoms with Gasteiger partial charge in [-0.05, 0) is 42.7 Å². The second-order valence-electron chi connectivity index (χ2n) is 6.43. The maximum atomic E-state index is 12.4. The highest BCUT2D eigenvalue weighted by Crippen LogP contribution is 2.23. The standard InChI is InChI=1S/C20H24N2O3/c1-14(22-10-9-15-5-3-4-6-16(15)13-22)12-21-20(24)18-11-17(25-2)7-8-19(18)23/h3-8,11,14,23H,9-10,12-13H2,1-2H3,(H,21,24). The number of phenols is 1. The maximum absolute atomic E-state index is 12.4. The molecule has 1 aliphatic heterocycles. The first-order valence-corrected chi connectivity index (χ1v) is 8.54. The highest BCUT2D eigenvalue weighted by molar-refractivity contribution is 5.97. The fourth-order valence-corrected chi connectivity index (χ4v) is 3.18. The number of carbonyl (C=O) groups excluding carboxylic acids is 1. The number of fused-ring (bicyclic) bond motifs is 1. The fraction of sp³-hybridized carbons (Fsp3) is 0.350. The van der Waals surface area contributed by atoms with Crippen LogP contribution in [0.4, 0.5) is 0 Å². The number of nitrogens with zero attached hydrogens (tertiary/aromatic N) is 1. The molecule has 2 aromatic carbocycles. The lowest BCUT2D eigenvalue weighted by molar-refractivity contribution is 0.0929. The maximum Gasteiger partial charge on any atom is 0.255 e. The van der Waals surface area contributed by atoms with Gasteiger partial charge in [-0.2, -0.15) is 0 Å². The van der Waals surface area contributed by atoms with E-state index in [9.17, 15) is 9.90 Å². The van der Waals surface area contributed by atoms with Crippen LogP contribution in [0.15, 0.2) is 42.5 Å². The van der Waals surface area contributed by atoms with Crippen molar-refractivity contribution in [2.75, 3.05) is 20.2 Å². The highest BCUT2D eigenvalue weighted by Gasteiger charge is 2.21. The van der Waals surface area contributed by atoms with Crippen LogP contribution in [0.25, 0.3) is 0 Å². The second kappa shape index (κ2) is 7.57. The van der Waals surface area contributed by atoms with Gasteiger partial charge < -0.3 is 15.2 Å². The van der Waals surface area contributed by atoms with E-state index in [0.717, 1.165) is 19.5 Å². The number of ether oxygens (including phenoxy) is 1. The molecule has 0 aliphatic carbocycles. The molecule has 0 saturated carbocycles. The highest BCUT2D eigenvalue weighted by atomic mass is 16.5. The number of nitrogens with one attached hydrogen (secondary N) is 1. The topological polar surface area (TPSA) is 61.8 Å². The summed E-state index contributed by atoms with van der Waals surface area (Å²) >= 11 is 0. The van der Waals surface area contributed by atoms with Crippen molar-refractivity contribution >= 4 is 5.91 Å². The van der Waals surface area contributed by atoms with Crippen molar-refractivity contribution in [2.45, 2.75) is 25.9 Å². The third-order valence-electron chi connectivity index (χ3n) is 4.79. The number of benzene rings is 2. The van der Waals surface area contributed by atoms with Crippen LogP contribution in [0.5, 0.6) is 11.5 Å². The largest absolute Gasteiger partial charge is 0.507 e. The van der Waals surface area contributed by atoms with E-state index in [2.05, 4.69) is 41.4 Å². The van der Waals surface area contributed by atoms with E-state index in [0.29, 0.717) is 12.3 Å².